The normalized spacial score (nSPS) is 26.5. The van der Waals surface area contributed by atoms with Crippen LogP contribution in [-0.4, -0.2) is 29.7 Å². The summed E-state index contributed by atoms with van der Waals surface area (Å²) in [7, 11) is 0. The van der Waals surface area contributed by atoms with Gasteiger partial charge >= 0.3 is 0 Å². The number of amides is 1. The van der Waals surface area contributed by atoms with Crippen molar-refractivity contribution >= 4 is 11.7 Å². The molecule has 1 aliphatic carbocycles. The number of fused-ring (bicyclic) bond motifs is 1. The van der Waals surface area contributed by atoms with Crippen molar-refractivity contribution in [1.29, 1.82) is 0 Å². The minimum absolute atomic E-state index is 0.114. The first kappa shape index (κ1) is 14.3. The van der Waals surface area contributed by atoms with Crippen LogP contribution >= 0.6 is 0 Å². The number of likely N-dealkylation sites (tertiary alicyclic amines) is 1. The third-order valence-corrected chi connectivity index (χ3v) is 4.97. The van der Waals surface area contributed by atoms with Gasteiger partial charge < -0.3 is 4.90 Å². The molecule has 2 unspecified atom stereocenters. The van der Waals surface area contributed by atoms with Crippen LogP contribution in [0.15, 0.2) is 30.3 Å². The maximum Gasteiger partial charge on any atom is 0.253 e. The molecule has 3 rings (SSSR count). The van der Waals surface area contributed by atoms with E-state index in [4.69, 9.17) is 0 Å². The number of piperidine rings is 1. The molecule has 112 valence electrons. The molecule has 2 aliphatic rings. The number of carbonyl (C=O) groups is 2. The van der Waals surface area contributed by atoms with Gasteiger partial charge in [0.1, 0.15) is 5.78 Å². The van der Waals surface area contributed by atoms with Crippen LogP contribution in [0, 0.1) is 11.3 Å². The Balaban J connectivity index is 1.59. The van der Waals surface area contributed by atoms with Crippen molar-refractivity contribution in [2.24, 2.45) is 11.3 Å². The standard InChI is InChI=1S/C18H23NO2/c1-2-3-9-16(20)11-18-10-15(18)12-19(13-18)17(21)14-7-5-4-6-8-14/h4-8,15H,2-3,9-13H2,1H3. The second kappa shape index (κ2) is 5.63. The summed E-state index contributed by atoms with van der Waals surface area (Å²) in [6.07, 6.45) is 4.57. The molecule has 0 bridgehead atoms. The fourth-order valence-corrected chi connectivity index (χ4v) is 3.64. The zero-order valence-electron chi connectivity index (χ0n) is 12.7. The predicted molar refractivity (Wildman–Crippen MR) is 82.0 cm³/mol. The van der Waals surface area contributed by atoms with E-state index in [0.29, 0.717) is 24.5 Å². The lowest BCUT2D eigenvalue weighted by Crippen LogP contribution is -2.32. The number of hydrogen-bond acceptors (Lipinski definition) is 2. The van der Waals surface area contributed by atoms with Crippen molar-refractivity contribution in [2.45, 2.75) is 39.0 Å². The number of carbonyl (C=O) groups excluding carboxylic acids is 2. The minimum atomic E-state index is 0.114. The summed E-state index contributed by atoms with van der Waals surface area (Å²) in [5, 5.41) is 0. The maximum absolute atomic E-state index is 12.5. The molecule has 1 saturated heterocycles. The molecule has 0 radical (unpaired) electrons. The average molecular weight is 285 g/mol. The molecule has 0 aromatic heterocycles. The molecule has 1 amide bonds. The van der Waals surface area contributed by atoms with Gasteiger partial charge in [-0.1, -0.05) is 31.5 Å². The number of nitrogens with zero attached hydrogens (tertiary/aromatic N) is 1. The van der Waals surface area contributed by atoms with Crippen LogP contribution in [-0.2, 0) is 4.79 Å². The molecule has 0 N–H and O–H groups in total. The summed E-state index contributed by atoms with van der Waals surface area (Å²) in [6, 6.07) is 9.45. The number of Topliss-reactive ketones (excluding diaryl/α,β-unsaturated/α-hetero) is 1. The Labute approximate surface area is 126 Å². The molecule has 1 aliphatic heterocycles. The summed E-state index contributed by atoms with van der Waals surface area (Å²) >= 11 is 0. The highest BCUT2D eigenvalue weighted by Crippen LogP contribution is 2.60. The van der Waals surface area contributed by atoms with Gasteiger partial charge in [-0.3, -0.25) is 9.59 Å². The molecule has 3 heteroatoms. The van der Waals surface area contributed by atoms with Gasteiger partial charge in [0, 0.05) is 31.5 Å². The molecule has 1 aromatic carbocycles. The molecule has 1 saturated carbocycles. The van der Waals surface area contributed by atoms with Crippen LogP contribution in [0.4, 0.5) is 0 Å². The van der Waals surface area contributed by atoms with E-state index in [1.807, 2.05) is 35.2 Å². The van der Waals surface area contributed by atoms with Crippen molar-refractivity contribution in [3.8, 4) is 0 Å². The Morgan fingerprint density at radius 1 is 1.29 bits per heavy atom. The molecule has 3 nitrogen and oxygen atoms in total. The fourth-order valence-electron chi connectivity index (χ4n) is 3.64. The van der Waals surface area contributed by atoms with Crippen molar-refractivity contribution in [1.82, 2.24) is 4.90 Å². The van der Waals surface area contributed by atoms with Crippen molar-refractivity contribution < 1.29 is 9.59 Å². The molecular formula is C18H23NO2. The first-order valence-electron chi connectivity index (χ1n) is 8.01. The molecule has 2 atom stereocenters. The lowest BCUT2D eigenvalue weighted by Gasteiger charge is -2.21. The highest BCUT2D eigenvalue weighted by Gasteiger charge is 2.61. The molecule has 0 spiro atoms. The van der Waals surface area contributed by atoms with E-state index in [0.717, 1.165) is 37.9 Å². The third-order valence-electron chi connectivity index (χ3n) is 4.97. The quantitative estimate of drug-likeness (QED) is 0.804. The first-order valence-corrected chi connectivity index (χ1v) is 8.01. The summed E-state index contributed by atoms with van der Waals surface area (Å²) in [4.78, 5) is 26.4. The largest absolute Gasteiger partial charge is 0.338 e. The molecule has 2 fully saturated rings. The van der Waals surface area contributed by atoms with Crippen molar-refractivity contribution in [3.05, 3.63) is 35.9 Å². The Hall–Kier alpha value is -1.64. The van der Waals surface area contributed by atoms with E-state index >= 15 is 0 Å². The van der Waals surface area contributed by atoms with Gasteiger partial charge in [-0.05, 0) is 36.3 Å². The minimum Gasteiger partial charge on any atom is -0.338 e. The lowest BCUT2D eigenvalue weighted by molar-refractivity contribution is -0.120. The summed E-state index contributed by atoms with van der Waals surface area (Å²) in [6.45, 7) is 3.71. The Kier molecular flexibility index (Phi) is 3.83. The first-order chi connectivity index (χ1) is 10.1. The van der Waals surface area contributed by atoms with Gasteiger partial charge in [-0.2, -0.15) is 0 Å². The monoisotopic (exact) mass is 285 g/mol. The number of benzene rings is 1. The Morgan fingerprint density at radius 3 is 2.76 bits per heavy atom. The van der Waals surface area contributed by atoms with E-state index in [1.54, 1.807) is 0 Å². The van der Waals surface area contributed by atoms with Gasteiger partial charge in [0.15, 0.2) is 0 Å². The van der Waals surface area contributed by atoms with E-state index < -0.39 is 0 Å². The number of ketones is 1. The van der Waals surface area contributed by atoms with Crippen LogP contribution in [0.2, 0.25) is 0 Å². The van der Waals surface area contributed by atoms with E-state index in [9.17, 15) is 9.59 Å². The second-order valence-corrected chi connectivity index (χ2v) is 6.63. The van der Waals surface area contributed by atoms with Crippen LogP contribution in [0.3, 0.4) is 0 Å². The highest BCUT2D eigenvalue weighted by molar-refractivity contribution is 5.94. The molecule has 1 heterocycles. The Bertz CT molecular complexity index is 539. The second-order valence-electron chi connectivity index (χ2n) is 6.63. The number of rotatable bonds is 6. The van der Waals surface area contributed by atoms with Crippen LogP contribution in [0.5, 0.6) is 0 Å². The van der Waals surface area contributed by atoms with Crippen LogP contribution in [0.25, 0.3) is 0 Å². The Morgan fingerprint density at radius 2 is 2.05 bits per heavy atom. The zero-order chi connectivity index (χ0) is 14.9. The van der Waals surface area contributed by atoms with Gasteiger partial charge in [-0.15, -0.1) is 0 Å². The topological polar surface area (TPSA) is 37.4 Å². The third kappa shape index (κ3) is 2.87. The average Bonchev–Trinajstić information content (AvgIpc) is 3.05. The molecule has 21 heavy (non-hydrogen) atoms. The SMILES string of the molecule is CCCCC(=O)CC12CC1CN(C(=O)c1ccccc1)C2. The summed E-state index contributed by atoms with van der Waals surface area (Å²) in [5.41, 5.74) is 0.876. The summed E-state index contributed by atoms with van der Waals surface area (Å²) < 4.78 is 0. The van der Waals surface area contributed by atoms with Crippen molar-refractivity contribution in [2.75, 3.05) is 13.1 Å². The molecule has 1 aromatic rings. The summed E-state index contributed by atoms with van der Waals surface area (Å²) in [5.74, 6) is 1.05. The zero-order valence-corrected chi connectivity index (χ0v) is 12.7. The van der Waals surface area contributed by atoms with Crippen molar-refractivity contribution in [3.63, 3.8) is 0 Å². The van der Waals surface area contributed by atoms with Crippen LogP contribution < -0.4 is 0 Å². The van der Waals surface area contributed by atoms with Gasteiger partial charge in [-0.25, -0.2) is 0 Å². The fraction of sp³-hybridized carbons (Fsp3) is 0.556. The smallest absolute Gasteiger partial charge is 0.253 e. The van der Waals surface area contributed by atoms with Gasteiger partial charge in [0.25, 0.3) is 5.91 Å². The van der Waals surface area contributed by atoms with E-state index in [-0.39, 0.29) is 11.3 Å². The highest BCUT2D eigenvalue weighted by atomic mass is 16.2. The number of unbranched alkanes of at least 4 members (excludes halogenated alkanes) is 1. The van der Waals surface area contributed by atoms with E-state index in [2.05, 4.69) is 6.92 Å². The lowest BCUT2D eigenvalue weighted by atomic mass is 9.96. The maximum atomic E-state index is 12.5. The van der Waals surface area contributed by atoms with E-state index in [1.165, 1.54) is 0 Å². The van der Waals surface area contributed by atoms with Gasteiger partial charge in [0.2, 0.25) is 0 Å². The number of hydrogen-bond donors (Lipinski definition) is 0. The van der Waals surface area contributed by atoms with Crippen LogP contribution in [0.1, 0.15) is 49.4 Å². The predicted octanol–water partition coefficient (Wildman–Crippen LogP) is 3.30. The van der Waals surface area contributed by atoms with Gasteiger partial charge in [0.05, 0.1) is 0 Å². The molecular weight excluding hydrogens is 262 g/mol.